The highest BCUT2D eigenvalue weighted by molar-refractivity contribution is 7.71. The summed E-state index contributed by atoms with van der Waals surface area (Å²) in [7, 11) is 1.92. The minimum Gasteiger partial charge on any atom is -0.359 e. The number of H-pyrrole nitrogens is 1. The van der Waals surface area contributed by atoms with Gasteiger partial charge in [-0.2, -0.15) is 5.10 Å². The second kappa shape index (κ2) is 4.09. The molecule has 94 valence electrons. The lowest BCUT2D eigenvalue weighted by atomic mass is 10.3. The number of hydrogen-bond donors (Lipinski definition) is 1. The molecule has 0 amide bonds. The third-order valence-corrected chi connectivity index (χ3v) is 3.28. The molecule has 0 aliphatic rings. The number of imidazole rings is 1. The van der Waals surface area contributed by atoms with E-state index in [0.29, 0.717) is 11.3 Å². The Bertz CT molecular complexity index is 733. The first-order chi connectivity index (χ1) is 8.70. The molecule has 0 aliphatic carbocycles. The fourth-order valence-electron chi connectivity index (χ4n) is 2.15. The maximum Gasteiger partial charge on any atom is 0.179 e. The molecule has 6 nitrogen and oxygen atoms in total. The van der Waals surface area contributed by atoms with Crippen molar-refractivity contribution in [3.63, 3.8) is 0 Å². The van der Waals surface area contributed by atoms with Gasteiger partial charge in [-0.1, -0.05) is 12.1 Å². The van der Waals surface area contributed by atoms with E-state index in [2.05, 4.69) is 22.2 Å². The summed E-state index contributed by atoms with van der Waals surface area (Å²) in [4.78, 5) is 3.21. The van der Waals surface area contributed by atoms with Crippen molar-refractivity contribution in [3.8, 4) is 0 Å². The van der Waals surface area contributed by atoms with Crippen LogP contribution in [0.15, 0.2) is 16.8 Å². The summed E-state index contributed by atoms with van der Waals surface area (Å²) < 4.78 is 9.61. The normalized spacial score (nSPS) is 11.4. The van der Waals surface area contributed by atoms with Crippen molar-refractivity contribution in [2.75, 3.05) is 0 Å². The highest BCUT2D eigenvalue weighted by Gasteiger charge is 2.15. The third-order valence-electron chi connectivity index (χ3n) is 2.96. The Morgan fingerprint density at radius 3 is 3.00 bits per heavy atom. The van der Waals surface area contributed by atoms with Gasteiger partial charge in [0.2, 0.25) is 0 Å². The fraction of sp³-hybridized carbons (Fsp3) is 0.364. The van der Waals surface area contributed by atoms with E-state index in [-0.39, 0.29) is 0 Å². The van der Waals surface area contributed by atoms with Crippen LogP contribution < -0.4 is 0 Å². The average Bonchev–Trinajstić information content (AvgIpc) is 3.01. The van der Waals surface area contributed by atoms with Gasteiger partial charge in [0, 0.05) is 13.1 Å². The number of nitrogens with one attached hydrogen (secondary N) is 1. The van der Waals surface area contributed by atoms with Gasteiger partial charge in [0.25, 0.3) is 0 Å². The minimum absolute atomic E-state index is 0.557. The average molecular weight is 263 g/mol. The molecule has 0 bridgehead atoms. The number of aromatic amines is 1. The van der Waals surface area contributed by atoms with E-state index in [1.165, 1.54) is 0 Å². The van der Waals surface area contributed by atoms with Crippen molar-refractivity contribution in [2.24, 2.45) is 7.05 Å². The Morgan fingerprint density at radius 1 is 1.50 bits per heavy atom. The molecular weight excluding hydrogens is 250 g/mol. The summed E-state index contributed by atoms with van der Waals surface area (Å²) in [6, 6.07) is 1.83. The first-order valence-corrected chi connectivity index (χ1v) is 6.15. The first kappa shape index (κ1) is 11.2. The van der Waals surface area contributed by atoms with Gasteiger partial charge >= 0.3 is 0 Å². The second-order valence-corrected chi connectivity index (χ2v) is 4.50. The van der Waals surface area contributed by atoms with Gasteiger partial charge in [-0.25, -0.2) is 0 Å². The second-order valence-electron chi connectivity index (χ2n) is 4.12. The summed E-state index contributed by atoms with van der Waals surface area (Å²) >= 11 is 5.35. The van der Waals surface area contributed by atoms with Crippen LogP contribution in [0.4, 0.5) is 0 Å². The van der Waals surface area contributed by atoms with Gasteiger partial charge in [0.1, 0.15) is 5.52 Å². The van der Waals surface area contributed by atoms with Crippen molar-refractivity contribution in [2.45, 2.75) is 19.9 Å². The number of aromatic nitrogens is 5. The van der Waals surface area contributed by atoms with E-state index in [4.69, 9.17) is 16.7 Å². The van der Waals surface area contributed by atoms with Crippen LogP contribution in [0.1, 0.15) is 18.4 Å². The number of rotatable bonds is 3. The molecule has 18 heavy (non-hydrogen) atoms. The molecule has 7 heteroatoms. The monoisotopic (exact) mass is 263 g/mol. The zero-order valence-corrected chi connectivity index (χ0v) is 11.0. The van der Waals surface area contributed by atoms with Crippen LogP contribution in [0.5, 0.6) is 0 Å². The Kier molecular flexibility index (Phi) is 2.55. The summed E-state index contributed by atoms with van der Waals surface area (Å²) in [5.74, 6) is 0.770. The zero-order valence-electron chi connectivity index (χ0n) is 10.2. The fourth-order valence-corrected chi connectivity index (χ4v) is 2.40. The lowest BCUT2D eigenvalue weighted by molar-refractivity contribution is 0.376. The summed E-state index contributed by atoms with van der Waals surface area (Å²) in [5.41, 5.74) is 3.01. The molecule has 0 radical (unpaired) electrons. The van der Waals surface area contributed by atoms with E-state index < -0.39 is 0 Å². The lowest BCUT2D eigenvalue weighted by Gasteiger charge is -2.01. The Balaban J connectivity index is 2.19. The molecule has 0 aromatic carbocycles. The van der Waals surface area contributed by atoms with Gasteiger partial charge in [-0.15, -0.1) is 0 Å². The van der Waals surface area contributed by atoms with Gasteiger partial charge in [-0.3, -0.25) is 9.25 Å². The Morgan fingerprint density at radius 2 is 2.33 bits per heavy atom. The largest absolute Gasteiger partial charge is 0.359 e. The van der Waals surface area contributed by atoms with Crippen molar-refractivity contribution >= 4 is 23.4 Å². The van der Waals surface area contributed by atoms with Crippen LogP contribution >= 0.6 is 12.2 Å². The molecule has 0 saturated heterocycles. The molecule has 0 fully saturated rings. The summed E-state index contributed by atoms with van der Waals surface area (Å²) in [5, 5.41) is 8.17. The van der Waals surface area contributed by atoms with Crippen LogP contribution in [0.25, 0.3) is 11.2 Å². The highest BCUT2D eigenvalue weighted by atomic mass is 32.1. The molecule has 3 rings (SSSR count). The van der Waals surface area contributed by atoms with E-state index in [0.717, 1.165) is 29.0 Å². The lowest BCUT2D eigenvalue weighted by Crippen LogP contribution is -2.03. The van der Waals surface area contributed by atoms with E-state index >= 15 is 0 Å². The van der Waals surface area contributed by atoms with Crippen LogP contribution in [-0.2, 0) is 20.0 Å². The maximum atomic E-state index is 5.35. The van der Waals surface area contributed by atoms with Crippen molar-refractivity contribution in [1.29, 1.82) is 0 Å². The minimum atomic E-state index is 0.557. The number of nitrogens with zero attached hydrogens (tertiary/aromatic N) is 4. The molecule has 0 saturated carbocycles. The van der Waals surface area contributed by atoms with Gasteiger partial charge in [0.15, 0.2) is 16.2 Å². The van der Waals surface area contributed by atoms with Gasteiger partial charge < -0.3 is 9.51 Å². The molecule has 1 N–H and O–H groups in total. The molecule has 3 heterocycles. The summed E-state index contributed by atoms with van der Waals surface area (Å²) in [6.45, 7) is 2.63. The van der Waals surface area contributed by atoms with Crippen molar-refractivity contribution in [1.82, 2.24) is 24.5 Å². The van der Waals surface area contributed by atoms with Crippen LogP contribution in [0.3, 0.4) is 0 Å². The Hall–Kier alpha value is -1.89. The highest BCUT2D eigenvalue weighted by Crippen LogP contribution is 2.19. The third kappa shape index (κ3) is 1.59. The SMILES string of the molecule is CCc1nn(C)c2c1[nH]c(=S)n2Cc1ccno1. The summed E-state index contributed by atoms with van der Waals surface area (Å²) in [6.07, 6.45) is 2.50. The molecule has 0 atom stereocenters. The topological polar surface area (TPSA) is 64.6 Å². The standard InChI is InChI=1S/C11H13N5OS/c1-3-8-9-10(15(2)14-8)16(11(18)13-9)6-7-4-5-12-17-7/h4-5H,3,6H2,1-2H3,(H,13,18). The van der Waals surface area contributed by atoms with E-state index in [9.17, 15) is 0 Å². The van der Waals surface area contributed by atoms with E-state index in [1.807, 2.05) is 22.4 Å². The zero-order chi connectivity index (χ0) is 12.7. The van der Waals surface area contributed by atoms with Gasteiger partial charge in [0.05, 0.1) is 18.4 Å². The quantitative estimate of drug-likeness (QED) is 0.734. The van der Waals surface area contributed by atoms with E-state index in [1.54, 1.807) is 6.20 Å². The Labute approximate surface area is 108 Å². The molecule has 0 unspecified atom stereocenters. The van der Waals surface area contributed by atoms with Crippen LogP contribution in [-0.4, -0.2) is 24.5 Å². The van der Waals surface area contributed by atoms with Crippen molar-refractivity contribution < 1.29 is 4.52 Å². The molecule has 3 aromatic heterocycles. The smallest absolute Gasteiger partial charge is 0.179 e. The molecule has 0 spiro atoms. The molecule has 0 aliphatic heterocycles. The van der Waals surface area contributed by atoms with Crippen molar-refractivity contribution in [3.05, 3.63) is 28.5 Å². The maximum absolute atomic E-state index is 5.35. The predicted molar refractivity (Wildman–Crippen MR) is 68.9 cm³/mol. The number of aryl methyl sites for hydroxylation is 2. The van der Waals surface area contributed by atoms with Crippen LogP contribution in [0.2, 0.25) is 0 Å². The van der Waals surface area contributed by atoms with Gasteiger partial charge in [-0.05, 0) is 18.6 Å². The number of fused-ring (bicyclic) bond motifs is 1. The van der Waals surface area contributed by atoms with Crippen LogP contribution in [0, 0.1) is 4.77 Å². The molecule has 3 aromatic rings. The predicted octanol–water partition coefficient (Wildman–Crippen LogP) is 2.03. The first-order valence-electron chi connectivity index (χ1n) is 5.74. The number of hydrogen-bond acceptors (Lipinski definition) is 4. The molecular formula is C11H13N5OS.